The van der Waals surface area contributed by atoms with E-state index < -0.39 is 0 Å². The molecule has 1 aliphatic carbocycles. The Hall–Kier alpha value is -0.810. The van der Waals surface area contributed by atoms with E-state index in [0.29, 0.717) is 12.5 Å². The highest BCUT2D eigenvalue weighted by molar-refractivity contribution is 5.85. The van der Waals surface area contributed by atoms with Crippen molar-refractivity contribution in [1.82, 2.24) is 15.1 Å². The Labute approximate surface area is 151 Å². The zero-order valence-corrected chi connectivity index (χ0v) is 15.5. The molecule has 1 N–H and O–H groups in total. The second-order valence-corrected chi connectivity index (χ2v) is 6.62. The van der Waals surface area contributed by atoms with Crippen molar-refractivity contribution >= 4 is 30.7 Å². The zero-order valence-electron chi connectivity index (χ0n) is 13.8. The van der Waals surface area contributed by atoms with E-state index in [2.05, 4.69) is 48.5 Å². The number of rotatable bonds is 4. The van der Waals surface area contributed by atoms with Crippen molar-refractivity contribution < 1.29 is 4.79 Å². The molecule has 2 atom stereocenters. The molecule has 0 spiro atoms. The van der Waals surface area contributed by atoms with Crippen LogP contribution < -0.4 is 5.32 Å². The summed E-state index contributed by atoms with van der Waals surface area (Å²) in [5.74, 6) is 0.780. The molecule has 4 nitrogen and oxygen atoms in total. The van der Waals surface area contributed by atoms with Crippen LogP contribution in [0.5, 0.6) is 0 Å². The third kappa shape index (κ3) is 4.83. The quantitative estimate of drug-likeness (QED) is 0.894. The number of hydrogen-bond donors (Lipinski definition) is 1. The van der Waals surface area contributed by atoms with Crippen LogP contribution in [0.4, 0.5) is 0 Å². The first-order valence-corrected chi connectivity index (χ1v) is 7.85. The Morgan fingerprint density at radius 2 is 1.78 bits per heavy atom. The fraction of sp³-hybridized carbons (Fsp3) is 0.588. The molecule has 6 heteroatoms. The highest BCUT2D eigenvalue weighted by Crippen LogP contribution is 2.50. The van der Waals surface area contributed by atoms with Crippen LogP contribution >= 0.6 is 24.8 Å². The van der Waals surface area contributed by atoms with Gasteiger partial charge in [0.25, 0.3) is 0 Å². The second kappa shape index (κ2) is 8.34. The number of carbonyl (C=O) groups is 1. The Balaban J connectivity index is 0.00000132. The van der Waals surface area contributed by atoms with Gasteiger partial charge in [0.2, 0.25) is 5.91 Å². The molecule has 1 amide bonds. The van der Waals surface area contributed by atoms with E-state index in [4.69, 9.17) is 0 Å². The third-order valence-corrected chi connectivity index (χ3v) is 4.94. The number of hydrogen-bond acceptors (Lipinski definition) is 3. The monoisotopic (exact) mass is 359 g/mol. The summed E-state index contributed by atoms with van der Waals surface area (Å²) in [7, 11) is 2.11. The molecule has 2 fully saturated rings. The van der Waals surface area contributed by atoms with Crippen molar-refractivity contribution in [1.29, 1.82) is 0 Å². The van der Waals surface area contributed by atoms with E-state index in [9.17, 15) is 4.79 Å². The van der Waals surface area contributed by atoms with Crippen LogP contribution in [-0.2, 0) is 4.79 Å². The SMILES string of the molecule is CN1CCN(C(=O)CN[C@]2(C)C[C@@H]2c2ccccc2)CC1.Cl.Cl. The van der Waals surface area contributed by atoms with Crippen molar-refractivity contribution in [2.45, 2.75) is 24.8 Å². The molecule has 2 aliphatic rings. The van der Waals surface area contributed by atoms with Gasteiger partial charge < -0.3 is 15.1 Å². The molecular formula is C17H27Cl2N3O. The maximum Gasteiger partial charge on any atom is 0.236 e. The van der Waals surface area contributed by atoms with Gasteiger partial charge in [0, 0.05) is 37.6 Å². The molecule has 1 aliphatic heterocycles. The van der Waals surface area contributed by atoms with Gasteiger partial charge in [-0.05, 0) is 26.0 Å². The molecule has 0 unspecified atom stereocenters. The summed E-state index contributed by atoms with van der Waals surface area (Å²) in [6, 6.07) is 10.6. The number of carbonyl (C=O) groups excluding carboxylic acids is 1. The minimum Gasteiger partial charge on any atom is -0.339 e. The lowest BCUT2D eigenvalue weighted by molar-refractivity contribution is -0.131. The van der Waals surface area contributed by atoms with Crippen molar-refractivity contribution in [2.75, 3.05) is 39.8 Å². The zero-order chi connectivity index (χ0) is 14.9. The number of likely N-dealkylation sites (N-methyl/N-ethyl adjacent to an activating group) is 1. The number of nitrogens with one attached hydrogen (secondary N) is 1. The van der Waals surface area contributed by atoms with Gasteiger partial charge in [-0.1, -0.05) is 30.3 Å². The van der Waals surface area contributed by atoms with Crippen LogP contribution in [-0.4, -0.2) is 61.0 Å². The van der Waals surface area contributed by atoms with Gasteiger partial charge in [-0.25, -0.2) is 0 Å². The van der Waals surface area contributed by atoms with Gasteiger partial charge >= 0.3 is 0 Å². The average molecular weight is 360 g/mol. The first kappa shape index (κ1) is 20.2. The molecule has 23 heavy (non-hydrogen) atoms. The maximum atomic E-state index is 12.3. The minimum atomic E-state index is 0. The third-order valence-electron chi connectivity index (χ3n) is 4.94. The second-order valence-electron chi connectivity index (χ2n) is 6.62. The Morgan fingerprint density at radius 3 is 2.39 bits per heavy atom. The van der Waals surface area contributed by atoms with Gasteiger partial charge in [0.1, 0.15) is 0 Å². The summed E-state index contributed by atoms with van der Waals surface area (Å²) in [4.78, 5) is 16.5. The van der Waals surface area contributed by atoms with Crippen molar-refractivity contribution in [3.8, 4) is 0 Å². The van der Waals surface area contributed by atoms with E-state index in [1.807, 2.05) is 11.0 Å². The molecule has 1 aromatic rings. The van der Waals surface area contributed by atoms with Gasteiger partial charge in [-0.2, -0.15) is 0 Å². The number of amides is 1. The highest BCUT2D eigenvalue weighted by atomic mass is 35.5. The molecule has 0 bridgehead atoms. The lowest BCUT2D eigenvalue weighted by Crippen LogP contribution is -2.50. The summed E-state index contributed by atoms with van der Waals surface area (Å²) in [6.45, 7) is 6.36. The lowest BCUT2D eigenvalue weighted by atomic mass is 10.1. The normalized spacial score (nSPS) is 26.9. The van der Waals surface area contributed by atoms with Crippen LogP contribution in [0.3, 0.4) is 0 Å². The molecule has 1 aromatic carbocycles. The van der Waals surface area contributed by atoms with Crippen LogP contribution in [0.2, 0.25) is 0 Å². The van der Waals surface area contributed by atoms with Crippen LogP contribution in [0.1, 0.15) is 24.8 Å². The molecule has 1 saturated carbocycles. The molecule has 1 heterocycles. The fourth-order valence-corrected chi connectivity index (χ4v) is 3.18. The first-order chi connectivity index (χ1) is 10.1. The molecule has 0 radical (unpaired) electrons. The Kier molecular flexibility index (Phi) is 7.33. The van der Waals surface area contributed by atoms with Crippen molar-refractivity contribution in [3.05, 3.63) is 35.9 Å². The largest absolute Gasteiger partial charge is 0.339 e. The number of halogens is 2. The number of piperazine rings is 1. The van der Waals surface area contributed by atoms with E-state index in [1.165, 1.54) is 5.56 Å². The number of nitrogens with zero attached hydrogens (tertiary/aromatic N) is 2. The van der Waals surface area contributed by atoms with Crippen LogP contribution in [0.15, 0.2) is 30.3 Å². The van der Waals surface area contributed by atoms with Gasteiger partial charge in [0.05, 0.1) is 6.54 Å². The van der Waals surface area contributed by atoms with Crippen molar-refractivity contribution in [3.63, 3.8) is 0 Å². The Bertz CT molecular complexity index is 506. The fourth-order valence-electron chi connectivity index (χ4n) is 3.18. The summed E-state index contributed by atoms with van der Waals surface area (Å²) in [5.41, 5.74) is 1.46. The van der Waals surface area contributed by atoms with Crippen LogP contribution in [0, 0.1) is 0 Å². The summed E-state index contributed by atoms with van der Waals surface area (Å²) >= 11 is 0. The van der Waals surface area contributed by atoms with E-state index >= 15 is 0 Å². The topological polar surface area (TPSA) is 35.6 Å². The lowest BCUT2D eigenvalue weighted by Gasteiger charge is -2.32. The standard InChI is InChI=1S/C17H25N3O.2ClH/c1-17(12-15(17)14-6-4-3-5-7-14)18-13-16(21)20-10-8-19(2)9-11-20;;/h3-7,15,18H,8-13H2,1-2H3;2*1H/t15-,17-;;/m1../s1. The summed E-state index contributed by atoms with van der Waals surface area (Å²) in [5, 5.41) is 3.49. The number of benzene rings is 1. The van der Waals surface area contributed by atoms with Gasteiger partial charge in [-0.3, -0.25) is 4.79 Å². The van der Waals surface area contributed by atoms with E-state index in [0.717, 1.165) is 32.6 Å². The minimum absolute atomic E-state index is 0. The first-order valence-electron chi connectivity index (χ1n) is 7.85. The molecule has 3 rings (SSSR count). The predicted octanol–water partition coefficient (Wildman–Crippen LogP) is 2.14. The Morgan fingerprint density at radius 1 is 1.17 bits per heavy atom. The smallest absolute Gasteiger partial charge is 0.236 e. The van der Waals surface area contributed by atoms with Gasteiger partial charge in [-0.15, -0.1) is 24.8 Å². The predicted molar refractivity (Wildman–Crippen MR) is 98.8 cm³/mol. The molecule has 0 aromatic heterocycles. The molecule has 1 saturated heterocycles. The molecule has 130 valence electrons. The molecular weight excluding hydrogens is 333 g/mol. The average Bonchev–Trinajstić information content (AvgIpc) is 3.19. The highest BCUT2D eigenvalue weighted by Gasteiger charge is 2.50. The van der Waals surface area contributed by atoms with Crippen molar-refractivity contribution in [2.24, 2.45) is 0 Å². The van der Waals surface area contributed by atoms with E-state index in [1.54, 1.807) is 0 Å². The van der Waals surface area contributed by atoms with E-state index in [-0.39, 0.29) is 36.3 Å². The summed E-state index contributed by atoms with van der Waals surface area (Å²) in [6.07, 6.45) is 1.12. The van der Waals surface area contributed by atoms with Gasteiger partial charge in [0.15, 0.2) is 0 Å². The summed E-state index contributed by atoms with van der Waals surface area (Å²) < 4.78 is 0. The maximum absolute atomic E-state index is 12.3. The van der Waals surface area contributed by atoms with Crippen LogP contribution in [0.25, 0.3) is 0 Å².